The van der Waals surface area contributed by atoms with Gasteiger partial charge < -0.3 is 19.3 Å². The first kappa shape index (κ1) is 25.0. The predicted molar refractivity (Wildman–Crippen MR) is 148 cm³/mol. The molecule has 3 aromatic carbocycles. The van der Waals surface area contributed by atoms with E-state index in [0.29, 0.717) is 13.2 Å². The summed E-state index contributed by atoms with van der Waals surface area (Å²) < 4.78 is 20.1. The number of hydrogen-bond acceptors (Lipinski definition) is 5. The third kappa shape index (κ3) is 4.97. The molecule has 6 rings (SSSR count). The van der Waals surface area contributed by atoms with Gasteiger partial charge in [0.15, 0.2) is 0 Å². The topological polar surface area (TPSA) is 82.8 Å². The van der Waals surface area contributed by atoms with Crippen LogP contribution in [0.1, 0.15) is 58.4 Å². The van der Waals surface area contributed by atoms with Gasteiger partial charge in [0.25, 0.3) is 0 Å². The second kappa shape index (κ2) is 10.1. The van der Waals surface area contributed by atoms with Crippen molar-refractivity contribution in [3.63, 3.8) is 0 Å². The summed E-state index contributed by atoms with van der Waals surface area (Å²) in [5.74, 6) is 1.39. The molecule has 1 N–H and O–H groups in total. The Bertz CT molecular complexity index is 1530. The lowest BCUT2D eigenvalue weighted by Gasteiger charge is -2.18. The number of aromatic nitrogens is 2. The Hall–Kier alpha value is -4.26. The lowest BCUT2D eigenvalue weighted by molar-refractivity contribution is -0.137. The standard InChI is InChI=1S/C32H32N2O5/c1-19-13-24(37-18-22-11-12-34(3)33-22)14-20(2)32(19)28-6-4-5-27-26(28)9-10-29(27)39-23-7-8-25-21(15-31(35)36)17-38-30(25)16-23/h4-8,11-14,16,21,29H,9-10,15,17-18H2,1-3H3,(H,35,36)/t21-,29-/m1/s1. The molecule has 2 aliphatic rings. The first-order chi connectivity index (χ1) is 18.9. The average Bonchev–Trinajstić information content (AvgIpc) is 3.61. The number of carboxylic acid groups (broad SMARTS) is 1. The molecule has 0 saturated heterocycles. The van der Waals surface area contributed by atoms with E-state index in [-0.39, 0.29) is 18.4 Å². The van der Waals surface area contributed by atoms with E-state index in [1.165, 1.54) is 33.4 Å². The van der Waals surface area contributed by atoms with Crippen LogP contribution in [0.4, 0.5) is 0 Å². The summed E-state index contributed by atoms with van der Waals surface area (Å²) in [6, 6.07) is 18.4. The minimum absolute atomic E-state index is 0.0455. The van der Waals surface area contributed by atoms with Gasteiger partial charge >= 0.3 is 5.97 Å². The normalized spacial score (nSPS) is 17.4. The molecule has 2 atom stereocenters. The van der Waals surface area contributed by atoms with Crippen LogP contribution in [0.15, 0.2) is 60.8 Å². The predicted octanol–water partition coefficient (Wildman–Crippen LogP) is 6.30. The summed E-state index contributed by atoms with van der Waals surface area (Å²) in [4.78, 5) is 11.2. The lowest BCUT2D eigenvalue weighted by atomic mass is 9.90. The summed E-state index contributed by atoms with van der Waals surface area (Å²) in [6.45, 7) is 5.11. The van der Waals surface area contributed by atoms with E-state index in [1.54, 1.807) is 4.68 Å². The number of aryl methyl sites for hydroxylation is 3. The van der Waals surface area contributed by atoms with Gasteiger partial charge in [-0.3, -0.25) is 9.48 Å². The van der Waals surface area contributed by atoms with Crippen LogP contribution in [0.3, 0.4) is 0 Å². The van der Waals surface area contributed by atoms with Crippen LogP contribution in [0, 0.1) is 13.8 Å². The van der Waals surface area contributed by atoms with Crippen LogP contribution < -0.4 is 14.2 Å². The van der Waals surface area contributed by atoms with Crippen molar-refractivity contribution in [3.05, 3.63) is 94.3 Å². The molecule has 2 heterocycles. The molecule has 0 unspecified atom stereocenters. The number of aliphatic carboxylic acids is 1. The zero-order chi connectivity index (χ0) is 27.1. The van der Waals surface area contributed by atoms with Gasteiger partial charge in [0, 0.05) is 30.8 Å². The summed E-state index contributed by atoms with van der Waals surface area (Å²) in [5, 5.41) is 13.6. The molecule has 39 heavy (non-hydrogen) atoms. The van der Waals surface area contributed by atoms with Crippen molar-refractivity contribution in [2.45, 2.75) is 51.7 Å². The maximum Gasteiger partial charge on any atom is 0.304 e. The van der Waals surface area contributed by atoms with E-state index in [2.05, 4.69) is 49.3 Å². The van der Waals surface area contributed by atoms with Crippen LogP contribution in [-0.4, -0.2) is 27.5 Å². The molecule has 1 aliphatic carbocycles. The van der Waals surface area contributed by atoms with Crippen molar-refractivity contribution < 1.29 is 24.1 Å². The molecule has 200 valence electrons. The SMILES string of the molecule is Cc1cc(OCc2ccn(C)n2)cc(C)c1-c1cccc2c1CC[C@H]2Oc1ccc2c(c1)OC[C@H]2CC(=O)O. The fourth-order valence-corrected chi connectivity index (χ4v) is 5.98. The van der Waals surface area contributed by atoms with Crippen LogP contribution in [0.25, 0.3) is 11.1 Å². The molecule has 0 saturated carbocycles. The molecule has 1 aromatic heterocycles. The van der Waals surface area contributed by atoms with E-state index in [0.717, 1.165) is 41.3 Å². The second-order valence-corrected chi connectivity index (χ2v) is 10.5. The van der Waals surface area contributed by atoms with Crippen LogP contribution >= 0.6 is 0 Å². The second-order valence-electron chi connectivity index (χ2n) is 10.5. The van der Waals surface area contributed by atoms with Crippen molar-refractivity contribution >= 4 is 5.97 Å². The fourth-order valence-electron chi connectivity index (χ4n) is 5.98. The van der Waals surface area contributed by atoms with Gasteiger partial charge in [0.05, 0.1) is 18.7 Å². The van der Waals surface area contributed by atoms with Gasteiger partial charge in [-0.2, -0.15) is 5.10 Å². The smallest absolute Gasteiger partial charge is 0.304 e. The third-order valence-electron chi connectivity index (χ3n) is 7.71. The molecule has 7 nitrogen and oxygen atoms in total. The number of carboxylic acids is 1. The van der Waals surface area contributed by atoms with Gasteiger partial charge in [-0.25, -0.2) is 0 Å². The monoisotopic (exact) mass is 524 g/mol. The highest BCUT2D eigenvalue weighted by atomic mass is 16.5. The fraction of sp³-hybridized carbons (Fsp3) is 0.312. The highest BCUT2D eigenvalue weighted by molar-refractivity contribution is 5.76. The van der Waals surface area contributed by atoms with Crippen LogP contribution in [0.5, 0.6) is 17.2 Å². The van der Waals surface area contributed by atoms with Crippen LogP contribution in [0.2, 0.25) is 0 Å². The molecular weight excluding hydrogens is 492 g/mol. The van der Waals surface area contributed by atoms with Gasteiger partial charge in [-0.1, -0.05) is 24.3 Å². The highest BCUT2D eigenvalue weighted by Gasteiger charge is 2.30. The third-order valence-corrected chi connectivity index (χ3v) is 7.71. The number of carbonyl (C=O) groups is 1. The lowest BCUT2D eigenvalue weighted by Crippen LogP contribution is -2.07. The summed E-state index contributed by atoms with van der Waals surface area (Å²) in [7, 11) is 1.90. The highest BCUT2D eigenvalue weighted by Crippen LogP contribution is 2.44. The zero-order valence-electron chi connectivity index (χ0n) is 22.4. The molecule has 4 aromatic rings. The van der Waals surface area contributed by atoms with Crippen molar-refractivity contribution in [2.75, 3.05) is 6.61 Å². The molecule has 7 heteroatoms. The molecule has 0 radical (unpaired) electrons. The van der Waals surface area contributed by atoms with Gasteiger partial charge in [0.2, 0.25) is 0 Å². The summed E-state index contributed by atoms with van der Waals surface area (Å²) in [6.07, 6.45) is 3.78. The number of ether oxygens (including phenoxy) is 3. The van der Waals surface area contributed by atoms with Crippen LogP contribution in [-0.2, 0) is 24.9 Å². The Balaban J connectivity index is 1.21. The van der Waals surface area contributed by atoms with E-state index < -0.39 is 5.97 Å². The first-order valence-corrected chi connectivity index (χ1v) is 13.4. The zero-order valence-corrected chi connectivity index (χ0v) is 22.4. The summed E-state index contributed by atoms with van der Waals surface area (Å²) >= 11 is 0. The summed E-state index contributed by atoms with van der Waals surface area (Å²) in [5.41, 5.74) is 9.23. The molecule has 0 amide bonds. The van der Waals surface area contributed by atoms with Crippen molar-refractivity contribution in [1.82, 2.24) is 9.78 Å². The Morgan fingerprint density at radius 1 is 1.08 bits per heavy atom. The van der Waals surface area contributed by atoms with Gasteiger partial charge in [-0.15, -0.1) is 0 Å². The van der Waals surface area contributed by atoms with E-state index in [9.17, 15) is 4.79 Å². The Kier molecular flexibility index (Phi) is 6.51. The number of fused-ring (bicyclic) bond motifs is 2. The Morgan fingerprint density at radius 3 is 2.64 bits per heavy atom. The number of benzene rings is 3. The maximum absolute atomic E-state index is 11.2. The van der Waals surface area contributed by atoms with Crippen molar-refractivity contribution in [1.29, 1.82) is 0 Å². The van der Waals surface area contributed by atoms with Crippen molar-refractivity contribution in [2.24, 2.45) is 7.05 Å². The molecule has 0 bridgehead atoms. The van der Waals surface area contributed by atoms with Gasteiger partial charge in [-0.05, 0) is 84.3 Å². The molecular formula is C32H32N2O5. The van der Waals surface area contributed by atoms with E-state index in [1.807, 2.05) is 37.5 Å². The first-order valence-electron chi connectivity index (χ1n) is 13.4. The number of nitrogens with zero attached hydrogens (tertiary/aromatic N) is 2. The maximum atomic E-state index is 11.2. The molecule has 0 spiro atoms. The largest absolute Gasteiger partial charge is 0.492 e. The molecule has 0 fully saturated rings. The average molecular weight is 525 g/mol. The minimum Gasteiger partial charge on any atom is -0.492 e. The quantitative estimate of drug-likeness (QED) is 0.291. The Labute approximate surface area is 228 Å². The number of hydrogen-bond donors (Lipinski definition) is 1. The molecule has 1 aliphatic heterocycles. The van der Waals surface area contributed by atoms with Gasteiger partial charge in [0.1, 0.15) is 30.0 Å². The number of rotatable bonds is 8. The Morgan fingerprint density at radius 2 is 1.90 bits per heavy atom. The minimum atomic E-state index is -0.813. The van der Waals surface area contributed by atoms with E-state index >= 15 is 0 Å². The van der Waals surface area contributed by atoms with E-state index in [4.69, 9.17) is 19.3 Å². The van der Waals surface area contributed by atoms with Crippen molar-refractivity contribution in [3.8, 4) is 28.4 Å².